The zero-order valence-corrected chi connectivity index (χ0v) is 23.5. The number of alkyl halides is 3. The third-order valence-corrected chi connectivity index (χ3v) is 9.32. The second-order valence-corrected chi connectivity index (χ2v) is 12.1. The Labute approximate surface area is 234 Å². The molecule has 2 bridgehead atoms. The van der Waals surface area contributed by atoms with Gasteiger partial charge in [0, 0.05) is 56.9 Å². The number of rotatable bonds is 7. The standard InChI is InChI=1S/C32H38F3N3O2/c1-22-7-9-23(10-8-22)29(39)38(21-25-11-12-26-20-28(25)31(26,2)3)18-15-36-13-16-37(17-14-36)30(40)24-5-4-6-27(19-24)32(33,34)35/h4-11,19,26,28H,12-18,20-21H2,1-3H3. The minimum Gasteiger partial charge on any atom is -0.336 e. The van der Waals surface area contributed by atoms with Crippen molar-refractivity contribution in [3.05, 3.63) is 82.4 Å². The van der Waals surface area contributed by atoms with Gasteiger partial charge in [0.15, 0.2) is 0 Å². The fourth-order valence-electron chi connectivity index (χ4n) is 6.46. The van der Waals surface area contributed by atoms with E-state index in [0.717, 1.165) is 30.0 Å². The molecular weight excluding hydrogens is 515 g/mol. The molecule has 2 aromatic rings. The number of benzene rings is 2. The van der Waals surface area contributed by atoms with Crippen LogP contribution in [0.5, 0.6) is 0 Å². The monoisotopic (exact) mass is 553 g/mol. The van der Waals surface area contributed by atoms with Crippen LogP contribution in [0.15, 0.2) is 60.2 Å². The number of aryl methyl sites for hydroxylation is 1. The third kappa shape index (κ3) is 5.82. The van der Waals surface area contributed by atoms with Crippen LogP contribution in [0.1, 0.15) is 58.5 Å². The van der Waals surface area contributed by atoms with Gasteiger partial charge in [0.2, 0.25) is 0 Å². The molecule has 5 nitrogen and oxygen atoms in total. The molecule has 214 valence electrons. The minimum atomic E-state index is -4.49. The van der Waals surface area contributed by atoms with Crippen molar-refractivity contribution in [3.8, 4) is 0 Å². The van der Waals surface area contributed by atoms with Crippen molar-refractivity contribution in [1.29, 1.82) is 0 Å². The predicted octanol–water partition coefficient (Wildman–Crippen LogP) is 5.91. The number of hydrogen-bond donors (Lipinski definition) is 0. The number of piperazine rings is 1. The van der Waals surface area contributed by atoms with Gasteiger partial charge in [-0.05, 0) is 67.3 Å². The highest BCUT2D eigenvalue weighted by molar-refractivity contribution is 5.95. The van der Waals surface area contributed by atoms with Gasteiger partial charge in [-0.2, -0.15) is 13.2 Å². The molecule has 40 heavy (non-hydrogen) atoms. The molecule has 1 saturated carbocycles. The molecule has 1 saturated heterocycles. The first-order chi connectivity index (χ1) is 18.9. The Morgan fingerprint density at radius 1 is 1.00 bits per heavy atom. The highest BCUT2D eigenvalue weighted by Gasteiger charge is 2.51. The summed E-state index contributed by atoms with van der Waals surface area (Å²) < 4.78 is 39.3. The number of allylic oxidation sites excluding steroid dienone is 1. The van der Waals surface area contributed by atoms with E-state index in [1.54, 1.807) is 4.90 Å². The maximum atomic E-state index is 13.6. The molecule has 3 aliphatic carbocycles. The largest absolute Gasteiger partial charge is 0.416 e. The molecule has 6 rings (SSSR count). The van der Waals surface area contributed by atoms with E-state index in [1.165, 1.54) is 24.1 Å². The number of carbonyl (C=O) groups excluding carboxylic acids is 2. The van der Waals surface area contributed by atoms with Gasteiger partial charge >= 0.3 is 6.18 Å². The summed E-state index contributed by atoms with van der Waals surface area (Å²) in [6.45, 7) is 10.6. The maximum Gasteiger partial charge on any atom is 0.416 e. The summed E-state index contributed by atoms with van der Waals surface area (Å²) in [7, 11) is 0. The van der Waals surface area contributed by atoms with Crippen molar-refractivity contribution in [3.63, 3.8) is 0 Å². The number of amides is 2. The number of halogens is 3. The predicted molar refractivity (Wildman–Crippen MR) is 149 cm³/mol. The van der Waals surface area contributed by atoms with Gasteiger partial charge in [-0.3, -0.25) is 14.5 Å². The van der Waals surface area contributed by atoms with Crippen LogP contribution in [-0.2, 0) is 6.18 Å². The molecule has 2 aromatic carbocycles. The van der Waals surface area contributed by atoms with Gasteiger partial charge in [0.25, 0.3) is 11.8 Å². The normalized spacial score (nSPS) is 22.4. The molecule has 8 heteroatoms. The number of fused-ring (bicyclic) bond motifs is 1. The van der Waals surface area contributed by atoms with Crippen molar-refractivity contribution in [2.45, 2.75) is 39.8 Å². The fraction of sp³-hybridized carbons (Fsp3) is 0.500. The van der Waals surface area contributed by atoms with E-state index in [2.05, 4.69) is 24.8 Å². The van der Waals surface area contributed by atoms with Crippen LogP contribution in [0.3, 0.4) is 0 Å². The first kappa shape index (κ1) is 28.4. The SMILES string of the molecule is Cc1ccc(C(=O)N(CCN2CCN(C(=O)c3cccc(C(F)(F)F)c3)CC2)CC2=CCC3CC2C3(C)C)cc1. The van der Waals surface area contributed by atoms with Crippen molar-refractivity contribution in [1.82, 2.24) is 14.7 Å². The molecule has 1 aliphatic heterocycles. The maximum absolute atomic E-state index is 13.6. The zero-order chi connectivity index (χ0) is 28.7. The smallest absolute Gasteiger partial charge is 0.336 e. The van der Waals surface area contributed by atoms with E-state index in [0.29, 0.717) is 57.3 Å². The third-order valence-electron chi connectivity index (χ3n) is 9.32. The Kier molecular flexibility index (Phi) is 7.83. The summed E-state index contributed by atoms with van der Waals surface area (Å²) in [6.07, 6.45) is 0.138. The molecule has 2 atom stereocenters. The number of carbonyl (C=O) groups is 2. The van der Waals surface area contributed by atoms with E-state index < -0.39 is 11.7 Å². The molecule has 0 N–H and O–H groups in total. The molecular formula is C32H38F3N3O2. The lowest BCUT2D eigenvalue weighted by molar-refractivity contribution is -0.137. The van der Waals surface area contributed by atoms with Crippen LogP contribution < -0.4 is 0 Å². The Morgan fingerprint density at radius 2 is 1.70 bits per heavy atom. The Morgan fingerprint density at radius 3 is 2.33 bits per heavy atom. The Bertz CT molecular complexity index is 1280. The van der Waals surface area contributed by atoms with E-state index in [9.17, 15) is 22.8 Å². The second-order valence-electron chi connectivity index (χ2n) is 12.1. The van der Waals surface area contributed by atoms with Gasteiger partial charge < -0.3 is 9.80 Å². The van der Waals surface area contributed by atoms with Crippen LogP contribution >= 0.6 is 0 Å². The zero-order valence-electron chi connectivity index (χ0n) is 23.5. The average Bonchev–Trinajstić information content (AvgIpc) is 2.94. The van der Waals surface area contributed by atoms with Gasteiger partial charge in [-0.25, -0.2) is 0 Å². The summed E-state index contributed by atoms with van der Waals surface area (Å²) >= 11 is 0. The summed E-state index contributed by atoms with van der Waals surface area (Å²) in [5, 5.41) is 0. The quantitative estimate of drug-likeness (QED) is 0.401. The molecule has 1 heterocycles. The number of hydrogen-bond acceptors (Lipinski definition) is 3. The minimum absolute atomic E-state index is 0.0264. The van der Waals surface area contributed by atoms with Gasteiger partial charge in [0.05, 0.1) is 5.56 Å². The first-order valence-electron chi connectivity index (χ1n) is 14.2. The van der Waals surface area contributed by atoms with Crippen LogP contribution in [-0.4, -0.2) is 72.3 Å². The van der Waals surface area contributed by atoms with Gasteiger partial charge in [0.1, 0.15) is 0 Å². The molecule has 2 unspecified atom stereocenters. The van der Waals surface area contributed by atoms with Gasteiger partial charge in [-0.15, -0.1) is 0 Å². The van der Waals surface area contributed by atoms with Crippen molar-refractivity contribution in [2.75, 3.05) is 45.8 Å². The van der Waals surface area contributed by atoms with E-state index in [4.69, 9.17) is 0 Å². The molecule has 0 spiro atoms. The van der Waals surface area contributed by atoms with E-state index in [-0.39, 0.29) is 22.8 Å². The Hall–Kier alpha value is -3.13. The number of nitrogens with zero attached hydrogens (tertiary/aromatic N) is 3. The molecule has 2 fully saturated rings. The van der Waals surface area contributed by atoms with Crippen LogP contribution in [0, 0.1) is 24.2 Å². The second kappa shape index (κ2) is 11.0. The van der Waals surface area contributed by atoms with Crippen LogP contribution in [0.4, 0.5) is 13.2 Å². The molecule has 4 aliphatic rings. The summed E-state index contributed by atoms with van der Waals surface area (Å²) in [5.41, 5.74) is 2.68. The lowest BCUT2D eigenvalue weighted by atomic mass is 9.49. The highest BCUT2D eigenvalue weighted by atomic mass is 19.4. The molecule has 0 radical (unpaired) electrons. The first-order valence-corrected chi connectivity index (χ1v) is 14.2. The van der Waals surface area contributed by atoms with Crippen molar-refractivity contribution < 1.29 is 22.8 Å². The van der Waals surface area contributed by atoms with E-state index >= 15 is 0 Å². The summed E-state index contributed by atoms with van der Waals surface area (Å²) in [6, 6.07) is 12.3. The molecule has 0 aromatic heterocycles. The van der Waals surface area contributed by atoms with Gasteiger partial charge in [-0.1, -0.05) is 49.3 Å². The lowest BCUT2D eigenvalue weighted by Gasteiger charge is -2.57. The van der Waals surface area contributed by atoms with Crippen molar-refractivity contribution >= 4 is 11.8 Å². The summed E-state index contributed by atoms with van der Waals surface area (Å²) in [5.74, 6) is 0.897. The molecule has 2 amide bonds. The fourth-order valence-corrected chi connectivity index (χ4v) is 6.46. The summed E-state index contributed by atoms with van der Waals surface area (Å²) in [4.78, 5) is 32.3. The average molecular weight is 554 g/mol. The lowest BCUT2D eigenvalue weighted by Crippen LogP contribution is -2.52. The van der Waals surface area contributed by atoms with Crippen LogP contribution in [0.25, 0.3) is 0 Å². The highest BCUT2D eigenvalue weighted by Crippen LogP contribution is 2.59. The topological polar surface area (TPSA) is 43.9 Å². The van der Waals surface area contributed by atoms with Crippen molar-refractivity contribution in [2.24, 2.45) is 17.3 Å². The van der Waals surface area contributed by atoms with E-state index in [1.807, 2.05) is 36.1 Å². The van der Waals surface area contributed by atoms with Crippen LogP contribution in [0.2, 0.25) is 0 Å². The Balaban J connectivity index is 1.21.